The van der Waals surface area contributed by atoms with Crippen LogP contribution in [-0.4, -0.2) is 27.0 Å². The Kier molecular flexibility index (Phi) is 4.80. The van der Waals surface area contributed by atoms with E-state index in [-0.39, 0.29) is 5.91 Å². The van der Waals surface area contributed by atoms with Gasteiger partial charge in [0.05, 0.1) is 11.2 Å². The number of nitrogens with one attached hydrogen (secondary N) is 3. The van der Waals surface area contributed by atoms with E-state index in [0.717, 1.165) is 33.1 Å². The molecule has 0 bridgehead atoms. The highest BCUT2D eigenvalue weighted by molar-refractivity contribution is 6.11. The Bertz CT molecular complexity index is 1260. The van der Waals surface area contributed by atoms with Gasteiger partial charge in [-0.1, -0.05) is 30.3 Å². The third-order valence-corrected chi connectivity index (χ3v) is 4.62. The predicted molar refractivity (Wildman–Crippen MR) is 112 cm³/mol. The van der Waals surface area contributed by atoms with Crippen molar-refractivity contribution >= 4 is 45.4 Å². The Labute approximate surface area is 166 Å². The van der Waals surface area contributed by atoms with Crippen LogP contribution in [0.15, 0.2) is 60.7 Å². The van der Waals surface area contributed by atoms with Gasteiger partial charge in [-0.2, -0.15) is 0 Å². The van der Waals surface area contributed by atoms with Crippen LogP contribution < -0.4 is 10.8 Å². The van der Waals surface area contributed by atoms with Gasteiger partial charge < -0.3 is 10.3 Å². The highest BCUT2D eigenvalue weighted by Crippen LogP contribution is 2.27. The van der Waals surface area contributed by atoms with E-state index in [0.29, 0.717) is 11.4 Å². The maximum absolute atomic E-state index is 12.7. The number of anilines is 1. The van der Waals surface area contributed by atoms with Gasteiger partial charge in [-0.25, -0.2) is 10.5 Å². The molecule has 0 fully saturated rings. The van der Waals surface area contributed by atoms with Gasteiger partial charge in [0, 0.05) is 28.1 Å². The van der Waals surface area contributed by atoms with Crippen molar-refractivity contribution in [3.05, 3.63) is 77.6 Å². The maximum atomic E-state index is 12.7. The van der Waals surface area contributed by atoms with Gasteiger partial charge in [-0.3, -0.25) is 14.8 Å². The van der Waals surface area contributed by atoms with Gasteiger partial charge in [-0.05, 0) is 42.8 Å². The highest BCUT2D eigenvalue weighted by atomic mass is 16.5. The molecule has 2 aromatic heterocycles. The fourth-order valence-electron chi connectivity index (χ4n) is 3.20. The van der Waals surface area contributed by atoms with Crippen LogP contribution in [0.2, 0.25) is 0 Å². The summed E-state index contributed by atoms with van der Waals surface area (Å²) in [6, 6.07) is 16.7. The van der Waals surface area contributed by atoms with Crippen LogP contribution in [0.3, 0.4) is 0 Å². The fraction of sp³-hybridized carbons (Fsp3) is 0.0455. The van der Waals surface area contributed by atoms with E-state index in [9.17, 15) is 9.59 Å². The highest BCUT2D eigenvalue weighted by Gasteiger charge is 2.14. The van der Waals surface area contributed by atoms with E-state index in [1.807, 2.05) is 31.2 Å². The van der Waals surface area contributed by atoms with Gasteiger partial charge >= 0.3 is 0 Å². The van der Waals surface area contributed by atoms with E-state index in [2.05, 4.69) is 15.3 Å². The lowest BCUT2D eigenvalue weighted by Gasteiger charge is -2.07. The number of H-pyrrole nitrogens is 1. The summed E-state index contributed by atoms with van der Waals surface area (Å²) in [6.07, 6.45) is 2.75. The number of nitrogens with zero attached hydrogens (tertiary/aromatic N) is 1. The number of hydrogen-bond donors (Lipinski definition) is 4. The minimum Gasteiger partial charge on any atom is -0.353 e. The summed E-state index contributed by atoms with van der Waals surface area (Å²) in [4.78, 5) is 31.5. The number of carbonyl (C=O) groups excluding carboxylic acids is 2. The van der Waals surface area contributed by atoms with Crippen molar-refractivity contribution in [2.24, 2.45) is 0 Å². The summed E-state index contributed by atoms with van der Waals surface area (Å²) in [7, 11) is 0. The summed E-state index contributed by atoms with van der Waals surface area (Å²) in [5.41, 5.74) is 5.90. The molecular weight excluding hydrogens is 368 g/mol. The minimum atomic E-state index is -0.614. The number of hydroxylamine groups is 1. The molecule has 0 unspecified atom stereocenters. The van der Waals surface area contributed by atoms with Crippen LogP contribution in [0.5, 0.6) is 0 Å². The van der Waals surface area contributed by atoms with Crippen LogP contribution in [0, 0.1) is 6.92 Å². The molecule has 7 heteroatoms. The van der Waals surface area contributed by atoms with Crippen molar-refractivity contribution in [2.75, 3.05) is 5.32 Å². The Hall–Kier alpha value is -3.97. The van der Waals surface area contributed by atoms with Gasteiger partial charge in [0.15, 0.2) is 0 Å². The second kappa shape index (κ2) is 7.57. The van der Waals surface area contributed by atoms with Crippen molar-refractivity contribution in [3.63, 3.8) is 0 Å². The molecule has 0 radical (unpaired) electrons. The van der Waals surface area contributed by atoms with E-state index >= 15 is 0 Å². The zero-order valence-electron chi connectivity index (χ0n) is 15.6. The van der Waals surface area contributed by atoms with Crippen molar-refractivity contribution < 1.29 is 14.8 Å². The van der Waals surface area contributed by atoms with Gasteiger partial charge in [0.25, 0.3) is 11.8 Å². The third-order valence-electron chi connectivity index (χ3n) is 4.62. The number of benzene rings is 2. The molecule has 0 saturated heterocycles. The first kappa shape index (κ1) is 18.4. The number of rotatable bonds is 4. The molecule has 29 heavy (non-hydrogen) atoms. The monoisotopic (exact) mass is 386 g/mol. The predicted octanol–water partition coefficient (Wildman–Crippen LogP) is 3.80. The van der Waals surface area contributed by atoms with Crippen LogP contribution in [-0.2, 0) is 4.79 Å². The van der Waals surface area contributed by atoms with Crippen LogP contribution in [0.1, 0.15) is 21.7 Å². The number of pyridine rings is 1. The largest absolute Gasteiger partial charge is 0.353 e. The number of para-hydroxylation sites is 1. The van der Waals surface area contributed by atoms with Crippen molar-refractivity contribution in [1.82, 2.24) is 15.4 Å². The second-order valence-corrected chi connectivity index (χ2v) is 6.57. The molecule has 4 aromatic rings. The van der Waals surface area contributed by atoms with Crippen molar-refractivity contribution in [3.8, 4) is 0 Å². The smallest absolute Gasteiger partial charge is 0.274 e. The molecule has 2 aromatic carbocycles. The molecule has 0 saturated carbocycles. The normalized spacial score (nSPS) is 11.2. The summed E-state index contributed by atoms with van der Waals surface area (Å²) < 4.78 is 0. The Morgan fingerprint density at radius 1 is 1.07 bits per heavy atom. The Morgan fingerprint density at radius 2 is 1.83 bits per heavy atom. The number of carbonyl (C=O) groups is 2. The van der Waals surface area contributed by atoms with E-state index in [4.69, 9.17) is 5.21 Å². The lowest BCUT2D eigenvalue weighted by Crippen LogP contribution is -2.14. The number of aromatic nitrogens is 2. The first-order chi connectivity index (χ1) is 14.0. The first-order valence-corrected chi connectivity index (χ1v) is 8.97. The number of aryl methyl sites for hydroxylation is 1. The summed E-state index contributed by atoms with van der Waals surface area (Å²) in [5.74, 6) is -0.917. The van der Waals surface area contributed by atoms with Crippen LogP contribution in [0.4, 0.5) is 5.69 Å². The zero-order valence-corrected chi connectivity index (χ0v) is 15.6. The molecule has 4 N–H and O–H groups in total. The van der Waals surface area contributed by atoms with Crippen molar-refractivity contribution in [1.29, 1.82) is 0 Å². The number of hydrogen-bond acceptors (Lipinski definition) is 4. The molecule has 2 amide bonds. The number of aromatic amines is 1. The van der Waals surface area contributed by atoms with Crippen LogP contribution >= 0.6 is 0 Å². The zero-order chi connectivity index (χ0) is 20.4. The average Bonchev–Trinajstić information content (AvgIpc) is 3.12. The second-order valence-electron chi connectivity index (χ2n) is 6.57. The molecule has 144 valence electrons. The summed E-state index contributed by atoms with van der Waals surface area (Å²) in [5, 5.41) is 13.3. The maximum Gasteiger partial charge on any atom is 0.274 e. The molecule has 0 aliphatic rings. The average molecular weight is 386 g/mol. The SMILES string of the molecule is Cc1nc(C(=O)Nc2ccc(/C=C/C(=O)NO)cc2)cc2c1[nH]c1ccccc12. The molecule has 7 nitrogen and oxygen atoms in total. The van der Waals surface area contributed by atoms with Gasteiger partial charge in [0.2, 0.25) is 0 Å². The molecule has 0 aliphatic carbocycles. The van der Waals surface area contributed by atoms with Crippen LogP contribution in [0.25, 0.3) is 27.9 Å². The topological polar surface area (TPSA) is 107 Å². The Balaban J connectivity index is 1.58. The lowest BCUT2D eigenvalue weighted by atomic mass is 10.1. The lowest BCUT2D eigenvalue weighted by molar-refractivity contribution is -0.124. The molecule has 0 aliphatic heterocycles. The Morgan fingerprint density at radius 3 is 2.59 bits per heavy atom. The molecular formula is C22H18N4O3. The molecule has 0 spiro atoms. The molecule has 0 atom stereocenters. The quantitative estimate of drug-likeness (QED) is 0.243. The van der Waals surface area contributed by atoms with E-state index in [1.54, 1.807) is 36.4 Å². The van der Waals surface area contributed by atoms with Gasteiger partial charge in [0.1, 0.15) is 5.69 Å². The third kappa shape index (κ3) is 3.71. The first-order valence-electron chi connectivity index (χ1n) is 8.97. The van der Waals surface area contributed by atoms with E-state index < -0.39 is 5.91 Å². The number of fused-ring (bicyclic) bond motifs is 3. The molecule has 4 rings (SSSR count). The minimum absolute atomic E-state index is 0.303. The summed E-state index contributed by atoms with van der Waals surface area (Å²) in [6.45, 7) is 1.87. The number of amides is 2. The van der Waals surface area contributed by atoms with Crippen molar-refractivity contribution in [2.45, 2.75) is 6.92 Å². The van der Waals surface area contributed by atoms with Gasteiger partial charge in [-0.15, -0.1) is 0 Å². The standard InChI is InChI=1S/C22H18N4O3/c1-13-21-17(16-4-2-3-5-18(16)25-21)12-19(23-13)22(28)24-15-9-6-14(7-10-15)8-11-20(27)26-29/h2-12,25,29H,1H3,(H,24,28)(H,26,27)/b11-8+. The summed E-state index contributed by atoms with van der Waals surface area (Å²) >= 11 is 0. The fourth-order valence-corrected chi connectivity index (χ4v) is 3.20. The van der Waals surface area contributed by atoms with E-state index in [1.165, 1.54) is 11.6 Å². The molecule has 2 heterocycles.